The molecule has 1 atom stereocenters. The highest BCUT2D eigenvalue weighted by atomic mass is 16.4. The second kappa shape index (κ2) is 5.76. The van der Waals surface area contributed by atoms with Gasteiger partial charge in [0.2, 0.25) is 11.8 Å². The van der Waals surface area contributed by atoms with E-state index in [1.54, 1.807) is 0 Å². The van der Waals surface area contributed by atoms with Crippen molar-refractivity contribution in [2.45, 2.75) is 12.5 Å². The van der Waals surface area contributed by atoms with E-state index in [1.165, 1.54) is 4.90 Å². The van der Waals surface area contributed by atoms with Crippen LogP contribution in [-0.4, -0.2) is 77.5 Å². The highest BCUT2D eigenvalue weighted by Gasteiger charge is 2.37. The summed E-state index contributed by atoms with van der Waals surface area (Å²) in [7, 11) is 0. The summed E-state index contributed by atoms with van der Waals surface area (Å²) in [5, 5.41) is 14.1. The van der Waals surface area contributed by atoms with E-state index in [0.717, 1.165) is 4.90 Å². The molecular weight excluding hydrogens is 268 g/mol. The average molecular weight is 284 g/mol. The number of nitrogens with one attached hydrogen (secondary N) is 2. The molecule has 0 aromatic rings. The standard InChI is InChI=1S/C11H16N4O5/c16-8-5-14(3-1-2-12-8)11(20)15-6-9(17)13-4-7(15)10(18)19/h7H,1-6H2,(H,12,16)(H,13,17)(H,18,19). The largest absolute Gasteiger partial charge is 0.480 e. The fraction of sp³-hybridized carbons (Fsp3) is 0.636. The molecule has 0 aliphatic carbocycles. The first-order chi connectivity index (χ1) is 9.49. The summed E-state index contributed by atoms with van der Waals surface area (Å²) < 4.78 is 0. The molecule has 20 heavy (non-hydrogen) atoms. The Morgan fingerprint density at radius 3 is 2.55 bits per heavy atom. The zero-order valence-electron chi connectivity index (χ0n) is 10.8. The summed E-state index contributed by atoms with van der Waals surface area (Å²) in [6.45, 7) is 0.268. The highest BCUT2D eigenvalue weighted by Crippen LogP contribution is 2.10. The monoisotopic (exact) mass is 284 g/mol. The highest BCUT2D eigenvalue weighted by molar-refractivity contribution is 5.92. The molecule has 110 valence electrons. The number of piperazine rings is 1. The molecular formula is C11H16N4O5. The number of amides is 4. The Morgan fingerprint density at radius 1 is 1.15 bits per heavy atom. The molecule has 0 bridgehead atoms. The lowest BCUT2D eigenvalue weighted by atomic mass is 10.2. The molecule has 0 spiro atoms. The van der Waals surface area contributed by atoms with Crippen molar-refractivity contribution in [2.75, 3.05) is 32.7 Å². The van der Waals surface area contributed by atoms with Crippen molar-refractivity contribution in [3.05, 3.63) is 0 Å². The van der Waals surface area contributed by atoms with Gasteiger partial charge >= 0.3 is 12.0 Å². The number of aliphatic carboxylic acids is 1. The van der Waals surface area contributed by atoms with Crippen molar-refractivity contribution in [2.24, 2.45) is 0 Å². The van der Waals surface area contributed by atoms with Gasteiger partial charge in [0, 0.05) is 19.6 Å². The van der Waals surface area contributed by atoms with Crippen LogP contribution in [0, 0.1) is 0 Å². The maximum atomic E-state index is 12.3. The summed E-state index contributed by atoms with van der Waals surface area (Å²) in [4.78, 5) is 48.6. The molecule has 2 heterocycles. The van der Waals surface area contributed by atoms with Crippen molar-refractivity contribution in [1.82, 2.24) is 20.4 Å². The fourth-order valence-corrected chi connectivity index (χ4v) is 2.21. The second-order valence-electron chi connectivity index (χ2n) is 4.69. The first-order valence-electron chi connectivity index (χ1n) is 6.31. The van der Waals surface area contributed by atoms with E-state index < -0.39 is 23.9 Å². The molecule has 0 radical (unpaired) electrons. The first-order valence-corrected chi connectivity index (χ1v) is 6.31. The van der Waals surface area contributed by atoms with E-state index >= 15 is 0 Å². The summed E-state index contributed by atoms with van der Waals surface area (Å²) in [6, 6.07) is -1.70. The SMILES string of the molecule is O=C1CN(C(=O)N2CC(=O)NCC2C(=O)O)CCCN1. The maximum Gasteiger partial charge on any atom is 0.328 e. The summed E-state index contributed by atoms with van der Waals surface area (Å²) in [5.74, 6) is -1.88. The number of carboxylic acid groups (broad SMARTS) is 1. The lowest BCUT2D eigenvalue weighted by molar-refractivity contribution is -0.144. The topological polar surface area (TPSA) is 119 Å². The Labute approximate surface area is 114 Å². The van der Waals surface area contributed by atoms with Crippen LogP contribution in [0.1, 0.15) is 6.42 Å². The third-order valence-corrected chi connectivity index (χ3v) is 3.25. The van der Waals surface area contributed by atoms with Crippen molar-refractivity contribution in [1.29, 1.82) is 0 Å². The smallest absolute Gasteiger partial charge is 0.328 e. The van der Waals surface area contributed by atoms with Gasteiger partial charge in [0.05, 0.1) is 0 Å². The molecule has 1 unspecified atom stereocenters. The van der Waals surface area contributed by atoms with Gasteiger partial charge in [0.15, 0.2) is 0 Å². The number of urea groups is 1. The quantitative estimate of drug-likeness (QED) is 0.505. The van der Waals surface area contributed by atoms with Crippen molar-refractivity contribution in [3.8, 4) is 0 Å². The Morgan fingerprint density at radius 2 is 1.85 bits per heavy atom. The molecule has 2 rings (SSSR count). The Kier molecular flexibility index (Phi) is 4.06. The van der Waals surface area contributed by atoms with Crippen LogP contribution >= 0.6 is 0 Å². The summed E-state index contributed by atoms with van der Waals surface area (Å²) >= 11 is 0. The van der Waals surface area contributed by atoms with Crippen LogP contribution in [-0.2, 0) is 14.4 Å². The molecule has 0 aromatic heterocycles. The van der Waals surface area contributed by atoms with Crippen molar-refractivity contribution < 1.29 is 24.3 Å². The van der Waals surface area contributed by atoms with Crippen LogP contribution in [0.3, 0.4) is 0 Å². The number of rotatable bonds is 1. The molecule has 3 N–H and O–H groups in total. The fourth-order valence-electron chi connectivity index (χ4n) is 2.21. The van der Waals surface area contributed by atoms with E-state index in [-0.39, 0.29) is 25.5 Å². The Bertz CT molecular complexity index is 452. The lowest BCUT2D eigenvalue weighted by Crippen LogP contribution is -2.62. The Balaban J connectivity index is 2.13. The van der Waals surface area contributed by atoms with Crippen LogP contribution in [0.4, 0.5) is 4.79 Å². The molecule has 2 saturated heterocycles. The number of hydrogen-bond acceptors (Lipinski definition) is 4. The van der Waals surface area contributed by atoms with E-state index in [4.69, 9.17) is 5.11 Å². The molecule has 2 aliphatic heterocycles. The van der Waals surface area contributed by atoms with E-state index in [1.807, 2.05) is 0 Å². The predicted octanol–water partition coefficient (Wildman–Crippen LogP) is -2.19. The predicted molar refractivity (Wildman–Crippen MR) is 65.7 cm³/mol. The van der Waals surface area contributed by atoms with Crippen molar-refractivity contribution in [3.63, 3.8) is 0 Å². The first kappa shape index (κ1) is 14.1. The maximum absolute atomic E-state index is 12.3. The van der Waals surface area contributed by atoms with Crippen LogP contribution in [0.5, 0.6) is 0 Å². The molecule has 4 amide bonds. The minimum absolute atomic E-state index is 0.122. The zero-order valence-corrected chi connectivity index (χ0v) is 10.8. The van der Waals surface area contributed by atoms with Gasteiger partial charge in [0.25, 0.3) is 0 Å². The average Bonchev–Trinajstić information content (AvgIpc) is 2.62. The van der Waals surface area contributed by atoms with Gasteiger partial charge in [-0.25, -0.2) is 9.59 Å². The van der Waals surface area contributed by atoms with Crippen LogP contribution in [0.2, 0.25) is 0 Å². The van der Waals surface area contributed by atoms with Gasteiger partial charge in [-0.05, 0) is 6.42 Å². The van der Waals surface area contributed by atoms with E-state index in [9.17, 15) is 19.2 Å². The van der Waals surface area contributed by atoms with E-state index in [0.29, 0.717) is 19.5 Å². The van der Waals surface area contributed by atoms with Gasteiger partial charge in [0.1, 0.15) is 19.1 Å². The number of carbonyl (C=O) groups is 4. The summed E-state index contributed by atoms with van der Waals surface area (Å²) in [5.41, 5.74) is 0. The molecule has 9 heteroatoms. The molecule has 0 saturated carbocycles. The van der Waals surface area contributed by atoms with Gasteiger partial charge in [-0.1, -0.05) is 0 Å². The van der Waals surface area contributed by atoms with Gasteiger partial charge < -0.3 is 20.6 Å². The van der Waals surface area contributed by atoms with Gasteiger partial charge in [-0.15, -0.1) is 0 Å². The third-order valence-electron chi connectivity index (χ3n) is 3.25. The number of carboxylic acids is 1. The van der Waals surface area contributed by atoms with E-state index in [2.05, 4.69) is 10.6 Å². The minimum Gasteiger partial charge on any atom is -0.480 e. The molecule has 2 aliphatic rings. The second-order valence-corrected chi connectivity index (χ2v) is 4.69. The number of hydrogen-bond donors (Lipinski definition) is 3. The van der Waals surface area contributed by atoms with Crippen molar-refractivity contribution >= 4 is 23.8 Å². The number of nitrogens with zero attached hydrogens (tertiary/aromatic N) is 2. The summed E-state index contributed by atoms with van der Waals surface area (Å²) in [6.07, 6.45) is 0.593. The Hall–Kier alpha value is -2.32. The number of carbonyl (C=O) groups excluding carboxylic acids is 3. The van der Waals surface area contributed by atoms with Gasteiger partial charge in [-0.2, -0.15) is 0 Å². The van der Waals surface area contributed by atoms with Crippen LogP contribution in [0.15, 0.2) is 0 Å². The lowest BCUT2D eigenvalue weighted by Gasteiger charge is -2.35. The van der Waals surface area contributed by atoms with Gasteiger partial charge in [-0.3, -0.25) is 14.5 Å². The third kappa shape index (κ3) is 2.98. The van der Waals surface area contributed by atoms with Crippen LogP contribution in [0.25, 0.3) is 0 Å². The molecule has 0 aromatic carbocycles. The minimum atomic E-state index is -1.18. The normalized spacial score (nSPS) is 23.7. The molecule has 9 nitrogen and oxygen atoms in total. The molecule has 2 fully saturated rings. The zero-order chi connectivity index (χ0) is 14.7. The van der Waals surface area contributed by atoms with Crippen LogP contribution < -0.4 is 10.6 Å².